The Balaban J connectivity index is 1.94. The summed E-state index contributed by atoms with van der Waals surface area (Å²) in [5, 5.41) is 1.41. The number of aromatic nitrogens is 2. The van der Waals surface area contributed by atoms with Gasteiger partial charge < -0.3 is 19.3 Å². The van der Waals surface area contributed by atoms with Crippen molar-refractivity contribution in [1.82, 2.24) is 19.8 Å². The molecule has 2 aromatic heterocycles. The van der Waals surface area contributed by atoms with Gasteiger partial charge in [0.15, 0.2) is 0 Å². The predicted octanol–water partition coefficient (Wildman–Crippen LogP) is 5.85. The molecular weight excluding hydrogens is 464 g/mol. The van der Waals surface area contributed by atoms with Crippen molar-refractivity contribution in [2.75, 3.05) is 27.7 Å². The van der Waals surface area contributed by atoms with Crippen LogP contribution in [0.2, 0.25) is 5.02 Å². The van der Waals surface area contributed by atoms with Gasteiger partial charge in [-0.15, -0.1) is 0 Å². The highest BCUT2D eigenvalue weighted by Gasteiger charge is 2.16. The number of hydrogen-bond acceptors (Lipinski definition) is 6. The summed E-state index contributed by atoms with van der Waals surface area (Å²) in [6.45, 7) is 8.46. The van der Waals surface area contributed by atoms with Crippen molar-refractivity contribution in [1.29, 1.82) is 0 Å². The second-order valence-electron chi connectivity index (χ2n) is 8.26. The summed E-state index contributed by atoms with van der Waals surface area (Å²) < 4.78 is 11.6. The molecular formula is C27H31ClN4O3. The van der Waals surface area contributed by atoms with E-state index in [-0.39, 0.29) is 13.2 Å². The van der Waals surface area contributed by atoms with Crippen molar-refractivity contribution in [2.45, 2.75) is 27.1 Å². The molecule has 0 saturated heterocycles. The molecule has 0 N–H and O–H groups in total. The highest BCUT2D eigenvalue weighted by atomic mass is 35.5. The molecule has 0 radical (unpaired) electrons. The molecule has 8 heteroatoms. The molecule has 0 aliphatic rings. The molecule has 184 valence electrons. The summed E-state index contributed by atoms with van der Waals surface area (Å²) in [5.41, 5.74) is 5.07. The number of hydrogen-bond donors (Lipinski definition) is 0. The average molecular weight is 495 g/mol. The average Bonchev–Trinajstić information content (AvgIpc) is 2.84. The Labute approximate surface area is 211 Å². The number of pyridine rings is 2. The van der Waals surface area contributed by atoms with Crippen LogP contribution in [0.15, 0.2) is 55.4 Å². The first-order valence-corrected chi connectivity index (χ1v) is 11.7. The number of para-hydroxylation sites is 1. The third kappa shape index (κ3) is 6.11. The van der Waals surface area contributed by atoms with E-state index < -0.39 is 6.09 Å². The van der Waals surface area contributed by atoms with Crippen molar-refractivity contribution >= 4 is 34.3 Å². The molecule has 0 spiro atoms. The van der Waals surface area contributed by atoms with Crippen LogP contribution in [0.5, 0.6) is 5.75 Å². The lowest BCUT2D eigenvalue weighted by molar-refractivity contribution is 0.106. The molecule has 0 unspecified atom stereocenters. The van der Waals surface area contributed by atoms with E-state index in [1.807, 2.05) is 57.1 Å². The van der Waals surface area contributed by atoms with Crippen LogP contribution in [-0.4, -0.2) is 53.5 Å². The van der Waals surface area contributed by atoms with Crippen LogP contribution in [0.3, 0.4) is 0 Å². The van der Waals surface area contributed by atoms with Gasteiger partial charge in [-0.2, -0.15) is 0 Å². The molecule has 3 rings (SSSR count). The third-order valence-electron chi connectivity index (χ3n) is 5.57. The van der Waals surface area contributed by atoms with E-state index in [2.05, 4.69) is 17.6 Å². The molecule has 0 aliphatic heterocycles. The fraction of sp³-hybridized carbons (Fsp3) is 0.296. The topological polar surface area (TPSA) is 67.8 Å². The van der Waals surface area contributed by atoms with Gasteiger partial charge in [0.25, 0.3) is 0 Å². The molecule has 35 heavy (non-hydrogen) atoms. The van der Waals surface area contributed by atoms with Gasteiger partial charge in [0.05, 0.1) is 5.02 Å². The normalized spacial score (nSPS) is 11.3. The van der Waals surface area contributed by atoms with E-state index in [0.717, 1.165) is 27.9 Å². The zero-order valence-electron chi connectivity index (χ0n) is 20.8. The van der Waals surface area contributed by atoms with E-state index in [4.69, 9.17) is 26.1 Å². The van der Waals surface area contributed by atoms with E-state index in [9.17, 15) is 4.79 Å². The first kappa shape index (κ1) is 26.0. The summed E-state index contributed by atoms with van der Waals surface area (Å²) in [6, 6.07) is 7.91. The lowest BCUT2D eigenvalue weighted by Crippen LogP contribution is -2.27. The highest BCUT2D eigenvalue weighted by molar-refractivity contribution is 6.31. The van der Waals surface area contributed by atoms with Gasteiger partial charge in [0.2, 0.25) is 0 Å². The van der Waals surface area contributed by atoms with Crippen LogP contribution >= 0.6 is 11.6 Å². The van der Waals surface area contributed by atoms with E-state index in [1.54, 1.807) is 25.5 Å². The Morgan fingerprint density at radius 1 is 1.20 bits per heavy atom. The number of amides is 1. The highest BCUT2D eigenvalue weighted by Crippen LogP contribution is 2.32. The molecule has 0 aliphatic carbocycles. The van der Waals surface area contributed by atoms with E-state index in [0.29, 0.717) is 28.4 Å². The number of ether oxygens (including phenoxy) is 2. The minimum absolute atomic E-state index is 0.0466. The number of aryl methyl sites for hydroxylation is 1. The Kier molecular flexibility index (Phi) is 8.71. The Bertz CT molecular complexity index is 1260. The molecule has 0 atom stereocenters. The third-order valence-corrected chi connectivity index (χ3v) is 5.89. The summed E-state index contributed by atoms with van der Waals surface area (Å²) in [7, 11) is 5.67. The SMILES string of the molecule is C=C/C=C(/c1cc(C)nc2c(OCc3c(Cl)cncc3COC(=O)N(C)CC)cccc12)N(C)C. The summed E-state index contributed by atoms with van der Waals surface area (Å²) in [6.07, 6.45) is 6.52. The number of allylic oxidation sites excluding steroid dienone is 2. The minimum Gasteiger partial charge on any atom is -0.487 e. The number of carbonyl (C=O) groups excluding carboxylic acids is 1. The van der Waals surface area contributed by atoms with E-state index in [1.165, 1.54) is 4.90 Å². The van der Waals surface area contributed by atoms with Gasteiger partial charge in [0, 0.05) is 73.5 Å². The minimum atomic E-state index is -0.412. The number of benzene rings is 1. The molecule has 2 heterocycles. The molecule has 3 aromatic rings. The standard InChI is InChI=1S/C27H31ClN4O3/c1-7-10-24(31(4)5)21-13-18(3)30-26-20(21)11-9-12-25(26)34-17-22-19(14-29-15-23(22)28)16-35-27(33)32(6)8-2/h7,9-15H,1,8,16-17H2,2-6H3/b24-10-. The summed E-state index contributed by atoms with van der Waals surface area (Å²) in [4.78, 5) is 24.5. The van der Waals surface area contributed by atoms with Gasteiger partial charge >= 0.3 is 6.09 Å². The van der Waals surface area contributed by atoms with Gasteiger partial charge in [0.1, 0.15) is 24.5 Å². The Hall–Kier alpha value is -3.58. The largest absolute Gasteiger partial charge is 0.487 e. The number of halogens is 1. The second-order valence-corrected chi connectivity index (χ2v) is 8.67. The Morgan fingerprint density at radius 3 is 2.66 bits per heavy atom. The predicted molar refractivity (Wildman–Crippen MR) is 140 cm³/mol. The number of fused-ring (bicyclic) bond motifs is 1. The van der Waals surface area contributed by atoms with Crippen LogP contribution in [-0.2, 0) is 18.0 Å². The maximum Gasteiger partial charge on any atom is 0.409 e. The smallest absolute Gasteiger partial charge is 0.409 e. The van der Waals surface area contributed by atoms with Gasteiger partial charge in [-0.3, -0.25) is 4.98 Å². The number of nitrogens with zero attached hydrogens (tertiary/aromatic N) is 4. The van der Waals surface area contributed by atoms with Crippen molar-refractivity contribution < 1.29 is 14.3 Å². The van der Waals surface area contributed by atoms with Gasteiger partial charge in [-0.25, -0.2) is 9.78 Å². The summed E-state index contributed by atoms with van der Waals surface area (Å²) in [5.74, 6) is 0.630. The monoisotopic (exact) mass is 494 g/mol. The van der Waals surface area contributed by atoms with Crippen molar-refractivity contribution in [3.63, 3.8) is 0 Å². The van der Waals surface area contributed by atoms with Crippen LogP contribution in [0, 0.1) is 6.92 Å². The lowest BCUT2D eigenvalue weighted by atomic mass is 10.0. The fourth-order valence-electron chi connectivity index (χ4n) is 3.59. The lowest BCUT2D eigenvalue weighted by Gasteiger charge is -2.20. The van der Waals surface area contributed by atoms with Crippen LogP contribution in [0.1, 0.15) is 29.3 Å². The van der Waals surface area contributed by atoms with Crippen LogP contribution in [0.25, 0.3) is 16.6 Å². The van der Waals surface area contributed by atoms with Crippen molar-refractivity contribution in [3.05, 3.63) is 82.8 Å². The summed E-state index contributed by atoms with van der Waals surface area (Å²) >= 11 is 6.45. The second kappa shape index (κ2) is 11.7. The zero-order valence-corrected chi connectivity index (χ0v) is 21.6. The zero-order chi connectivity index (χ0) is 25.5. The molecule has 7 nitrogen and oxygen atoms in total. The van der Waals surface area contributed by atoms with Gasteiger partial charge in [-0.05, 0) is 32.1 Å². The maximum absolute atomic E-state index is 12.1. The molecule has 1 aromatic carbocycles. The Morgan fingerprint density at radius 2 is 1.97 bits per heavy atom. The molecule has 0 bridgehead atoms. The maximum atomic E-state index is 12.1. The molecule has 0 fully saturated rings. The quantitative estimate of drug-likeness (QED) is 0.348. The van der Waals surface area contributed by atoms with Crippen LogP contribution < -0.4 is 4.74 Å². The first-order chi connectivity index (χ1) is 16.8. The fourth-order valence-corrected chi connectivity index (χ4v) is 3.82. The van der Waals surface area contributed by atoms with Crippen molar-refractivity contribution in [3.8, 4) is 5.75 Å². The first-order valence-electron chi connectivity index (χ1n) is 11.3. The van der Waals surface area contributed by atoms with E-state index >= 15 is 0 Å². The van der Waals surface area contributed by atoms with Crippen molar-refractivity contribution in [2.24, 2.45) is 0 Å². The van der Waals surface area contributed by atoms with Crippen LogP contribution in [0.4, 0.5) is 4.79 Å². The molecule has 1 amide bonds. The number of carbonyl (C=O) groups is 1. The number of rotatable bonds is 9. The van der Waals surface area contributed by atoms with Gasteiger partial charge in [-0.1, -0.05) is 36.4 Å². The molecule has 0 saturated carbocycles.